The second-order valence-electron chi connectivity index (χ2n) is 2.75. The van der Waals surface area contributed by atoms with Crippen molar-refractivity contribution in [1.82, 2.24) is 0 Å². The summed E-state index contributed by atoms with van der Waals surface area (Å²) in [6.45, 7) is 1.77. The zero-order chi connectivity index (χ0) is 9.99. The summed E-state index contributed by atoms with van der Waals surface area (Å²) < 4.78 is 61.7. The predicted octanol–water partition coefficient (Wildman–Crippen LogP) is 3.42. The average Bonchev–Trinajstić information content (AvgIpc) is 1.84. The minimum Gasteiger partial charge on any atom is -0.248 e. The van der Waals surface area contributed by atoms with Gasteiger partial charge in [-0.05, 0) is 6.92 Å². The molecule has 0 heterocycles. The van der Waals surface area contributed by atoms with Gasteiger partial charge in [-0.1, -0.05) is 6.92 Å². The van der Waals surface area contributed by atoms with E-state index in [4.69, 9.17) is 0 Å². The zero-order valence-electron chi connectivity index (χ0n) is 6.88. The van der Waals surface area contributed by atoms with E-state index in [-0.39, 0.29) is 0 Å². The molecule has 0 amide bonds. The SMILES string of the molecule is CCC(F)(F)C(F)(F)C[C@H](C)F. The second kappa shape index (κ2) is 3.58. The molecule has 0 fully saturated rings. The number of hydrogen-bond donors (Lipinski definition) is 0. The zero-order valence-corrected chi connectivity index (χ0v) is 6.88. The fourth-order valence-corrected chi connectivity index (χ4v) is 0.761. The van der Waals surface area contributed by atoms with Crippen molar-refractivity contribution in [3.8, 4) is 0 Å². The standard InChI is InChI=1S/C7H11F5/c1-3-6(9,10)7(11,12)4-5(2)8/h5H,3-4H2,1-2H3/t5-/m0/s1. The molecular formula is C7H11F5. The van der Waals surface area contributed by atoms with Gasteiger partial charge in [-0.2, -0.15) is 17.6 Å². The van der Waals surface area contributed by atoms with Crippen molar-refractivity contribution in [3.63, 3.8) is 0 Å². The highest BCUT2D eigenvalue weighted by atomic mass is 19.3. The maximum atomic E-state index is 12.5. The molecule has 0 N–H and O–H groups in total. The number of halogens is 5. The fraction of sp³-hybridized carbons (Fsp3) is 1.00. The molecule has 0 aromatic heterocycles. The highest BCUT2D eigenvalue weighted by Gasteiger charge is 2.54. The molecule has 0 spiro atoms. The van der Waals surface area contributed by atoms with Crippen molar-refractivity contribution in [2.75, 3.05) is 0 Å². The van der Waals surface area contributed by atoms with Gasteiger partial charge < -0.3 is 0 Å². The summed E-state index contributed by atoms with van der Waals surface area (Å²) in [6, 6.07) is 0. The molecule has 0 aliphatic carbocycles. The summed E-state index contributed by atoms with van der Waals surface area (Å²) in [4.78, 5) is 0. The quantitative estimate of drug-likeness (QED) is 0.596. The Labute approximate surface area is 67.8 Å². The van der Waals surface area contributed by atoms with Crippen molar-refractivity contribution in [2.24, 2.45) is 0 Å². The van der Waals surface area contributed by atoms with Gasteiger partial charge in [0.2, 0.25) is 0 Å². The fourth-order valence-electron chi connectivity index (χ4n) is 0.761. The van der Waals surface area contributed by atoms with Crippen LogP contribution in [0, 0.1) is 0 Å². The molecule has 1 atom stereocenters. The molecule has 0 aromatic carbocycles. The molecule has 0 aliphatic heterocycles. The molecule has 12 heavy (non-hydrogen) atoms. The summed E-state index contributed by atoms with van der Waals surface area (Å²) in [5.74, 6) is -8.34. The Morgan fingerprint density at radius 3 is 1.75 bits per heavy atom. The lowest BCUT2D eigenvalue weighted by Crippen LogP contribution is -2.41. The highest BCUT2D eigenvalue weighted by molar-refractivity contribution is 4.84. The van der Waals surface area contributed by atoms with Crippen LogP contribution in [0.4, 0.5) is 22.0 Å². The van der Waals surface area contributed by atoms with Crippen LogP contribution in [0.5, 0.6) is 0 Å². The number of rotatable bonds is 4. The minimum atomic E-state index is -4.24. The molecule has 0 saturated carbocycles. The number of hydrogen-bond acceptors (Lipinski definition) is 0. The van der Waals surface area contributed by atoms with Crippen LogP contribution < -0.4 is 0 Å². The molecule has 0 aromatic rings. The first-order valence-electron chi connectivity index (χ1n) is 3.62. The third-order valence-electron chi connectivity index (χ3n) is 1.52. The third kappa shape index (κ3) is 2.60. The molecule has 5 heteroatoms. The molecule has 0 nitrogen and oxygen atoms in total. The molecule has 0 radical (unpaired) electrons. The van der Waals surface area contributed by atoms with Crippen LogP contribution in [0.25, 0.3) is 0 Å². The van der Waals surface area contributed by atoms with Gasteiger partial charge in [0.05, 0.1) is 0 Å². The van der Waals surface area contributed by atoms with Gasteiger partial charge in [0.1, 0.15) is 6.17 Å². The van der Waals surface area contributed by atoms with Gasteiger partial charge in [0, 0.05) is 12.8 Å². The predicted molar refractivity (Wildman–Crippen MR) is 35.4 cm³/mol. The molecule has 0 aliphatic rings. The molecule has 0 rings (SSSR count). The van der Waals surface area contributed by atoms with Crippen molar-refractivity contribution >= 4 is 0 Å². The van der Waals surface area contributed by atoms with E-state index < -0.39 is 30.9 Å². The lowest BCUT2D eigenvalue weighted by molar-refractivity contribution is -0.218. The van der Waals surface area contributed by atoms with E-state index in [1.807, 2.05) is 0 Å². The van der Waals surface area contributed by atoms with Crippen LogP contribution in [-0.4, -0.2) is 18.0 Å². The first-order chi connectivity index (χ1) is 5.23. The van der Waals surface area contributed by atoms with Gasteiger partial charge in [0.15, 0.2) is 0 Å². The Bertz CT molecular complexity index is 141. The van der Waals surface area contributed by atoms with E-state index in [0.29, 0.717) is 0 Å². The maximum absolute atomic E-state index is 12.5. The molecule has 0 bridgehead atoms. The molecule has 0 saturated heterocycles. The van der Waals surface area contributed by atoms with Crippen LogP contribution in [0.2, 0.25) is 0 Å². The first-order valence-corrected chi connectivity index (χ1v) is 3.62. The smallest absolute Gasteiger partial charge is 0.248 e. The molecular weight excluding hydrogens is 179 g/mol. The summed E-state index contributed by atoms with van der Waals surface area (Å²) in [5, 5.41) is 0. The van der Waals surface area contributed by atoms with Gasteiger partial charge in [-0.3, -0.25) is 0 Å². The van der Waals surface area contributed by atoms with E-state index in [1.165, 1.54) is 0 Å². The Morgan fingerprint density at radius 2 is 1.50 bits per heavy atom. The summed E-state index contributed by atoms with van der Waals surface area (Å²) >= 11 is 0. The van der Waals surface area contributed by atoms with Crippen LogP contribution >= 0.6 is 0 Å². The average molecular weight is 190 g/mol. The van der Waals surface area contributed by atoms with E-state index in [1.54, 1.807) is 0 Å². The third-order valence-corrected chi connectivity index (χ3v) is 1.52. The minimum absolute atomic E-state index is 0.833. The van der Waals surface area contributed by atoms with Crippen LogP contribution in [0.3, 0.4) is 0 Å². The van der Waals surface area contributed by atoms with Crippen molar-refractivity contribution in [3.05, 3.63) is 0 Å². The molecule has 0 unspecified atom stereocenters. The highest BCUT2D eigenvalue weighted by Crippen LogP contribution is 2.40. The second-order valence-corrected chi connectivity index (χ2v) is 2.75. The van der Waals surface area contributed by atoms with E-state index >= 15 is 0 Å². The number of alkyl halides is 5. The van der Waals surface area contributed by atoms with Crippen molar-refractivity contribution in [1.29, 1.82) is 0 Å². The van der Waals surface area contributed by atoms with Gasteiger partial charge in [-0.15, -0.1) is 0 Å². The van der Waals surface area contributed by atoms with Gasteiger partial charge in [0.25, 0.3) is 0 Å². The summed E-state index contributed by atoms with van der Waals surface area (Å²) in [7, 11) is 0. The van der Waals surface area contributed by atoms with E-state index in [2.05, 4.69) is 0 Å². The maximum Gasteiger partial charge on any atom is 0.312 e. The largest absolute Gasteiger partial charge is 0.312 e. The van der Waals surface area contributed by atoms with Gasteiger partial charge in [-0.25, -0.2) is 4.39 Å². The molecule has 74 valence electrons. The summed E-state index contributed by atoms with van der Waals surface area (Å²) in [6.07, 6.45) is -4.32. The first kappa shape index (κ1) is 11.6. The van der Waals surface area contributed by atoms with Gasteiger partial charge >= 0.3 is 11.8 Å². The van der Waals surface area contributed by atoms with E-state index in [0.717, 1.165) is 13.8 Å². The Hall–Kier alpha value is -0.350. The van der Waals surface area contributed by atoms with Crippen molar-refractivity contribution in [2.45, 2.75) is 44.7 Å². The lowest BCUT2D eigenvalue weighted by atomic mass is 10.0. The Kier molecular flexibility index (Phi) is 3.47. The summed E-state index contributed by atoms with van der Waals surface area (Å²) in [5.41, 5.74) is 0. The lowest BCUT2D eigenvalue weighted by Gasteiger charge is -2.25. The monoisotopic (exact) mass is 190 g/mol. The Morgan fingerprint density at radius 1 is 1.08 bits per heavy atom. The normalized spacial score (nSPS) is 16.2. The van der Waals surface area contributed by atoms with Crippen LogP contribution in [-0.2, 0) is 0 Å². The van der Waals surface area contributed by atoms with Crippen LogP contribution in [0.15, 0.2) is 0 Å². The van der Waals surface area contributed by atoms with E-state index in [9.17, 15) is 22.0 Å². The Balaban J connectivity index is 4.37. The van der Waals surface area contributed by atoms with Crippen molar-refractivity contribution < 1.29 is 22.0 Å². The topological polar surface area (TPSA) is 0 Å². The van der Waals surface area contributed by atoms with Crippen LogP contribution in [0.1, 0.15) is 26.7 Å².